The molecule has 2 aromatic heterocycles. The first-order chi connectivity index (χ1) is 12.2. The van der Waals surface area contributed by atoms with Gasteiger partial charge in [0.05, 0.1) is 11.0 Å². The number of benzene rings is 1. The molecule has 0 radical (unpaired) electrons. The van der Waals surface area contributed by atoms with Crippen LogP contribution in [0.5, 0.6) is 0 Å². The summed E-state index contributed by atoms with van der Waals surface area (Å²) in [6.45, 7) is 9.27. The summed E-state index contributed by atoms with van der Waals surface area (Å²) in [5.41, 5.74) is 6.54. The molecule has 26 heavy (non-hydrogen) atoms. The average Bonchev–Trinajstić information content (AvgIpc) is 3.10. The Balaban J connectivity index is 1.99. The van der Waals surface area contributed by atoms with Gasteiger partial charge in [-0.15, -0.1) is 0 Å². The molecule has 2 heterocycles. The van der Waals surface area contributed by atoms with E-state index < -0.39 is 7.60 Å². The highest BCUT2D eigenvalue weighted by atomic mass is 31.2. The molecule has 3 aromatic rings. The van der Waals surface area contributed by atoms with E-state index in [1.54, 1.807) is 6.07 Å². The summed E-state index contributed by atoms with van der Waals surface area (Å²) >= 11 is 0. The van der Waals surface area contributed by atoms with E-state index in [1.165, 1.54) is 35.6 Å². The maximum atomic E-state index is 11.5. The second-order valence-electron chi connectivity index (χ2n) is 7.37. The van der Waals surface area contributed by atoms with E-state index in [4.69, 9.17) is 9.40 Å². The molecular formula is C19H23N2O4P. The van der Waals surface area contributed by atoms with Crippen LogP contribution in [0.1, 0.15) is 35.1 Å². The summed E-state index contributed by atoms with van der Waals surface area (Å²) in [7, 11) is -4.42. The molecule has 6 nitrogen and oxygen atoms in total. The highest BCUT2D eigenvalue weighted by Gasteiger charge is 2.29. The molecule has 0 saturated heterocycles. The van der Waals surface area contributed by atoms with E-state index in [2.05, 4.69) is 32.3 Å². The van der Waals surface area contributed by atoms with Crippen molar-refractivity contribution in [2.75, 3.05) is 0 Å². The first kappa shape index (κ1) is 17.5. The number of furan rings is 1. The van der Waals surface area contributed by atoms with Crippen LogP contribution in [0.2, 0.25) is 0 Å². The monoisotopic (exact) mass is 374 g/mol. The summed E-state index contributed by atoms with van der Waals surface area (Å²) in [5, 5.41) is 0. The zero-order valence-electron chi connectivity index (χ0n) is 15.4. The maximum Gasteiger partial charge on any atom is 0.391 e. The van der Waals surface area contributed by atoms with Crippen molar-refractivity contribution in [2.24, 2.45) is 5.92 Å². The van der Waals surface area contributed by atoms with E-state index in [0.717, 1.165) is 23.1 Å². The standard InChI is InChI=1S/C19H23N2O4P/c1-10-11(2)13(4)18-17(12(10)3)20-19(21(18)9-14-5-6-14)15-7-8-16(25-15)26(22,23)24/h7-8,14H,5-6,9H2,1-4H3,(H2,22,23,24). The first-order valence-electron chi connectivity index (χ1n) is 8.81. The zero-order valence-corrected chi connectivity index (χ0v) is 16.3. The van der Waals surface area contributed by atoms with E-state index in [-0.39, 0.29) is 5.50 Å². The summed E-state index contributed by atoms with van der Waals surface area (Å²) in [6, 6.07) is 2.94. The molecule has 7 heteroatoms. The third-order valence-corrected chi connectivity index (χ3v) is 6.42. The topological polar surface area (TPSA) is 88.5 Å². The molecule has 1 aliphatic carbocycles. The Morgan fingerprint density at radius 3 is 2.35 bits per heavy atom. The molecule has 0 spiro atoms. The van der Waals surface area contributed by atoms with E-state index in [0.29, 0.717) is 17.5 Å². The highest BCUT2D eigenvalue weighted by molar-refractivity contribution is 7.59. The van der Waals surface area contributed by atoms with Gasteiger partial charge in [0.15, 0.2) is 11.6 Å². The van der Waals surface area contributed by atoms with Gasteiger partial charge in [-0.1, -0.05) is 0 Å². The van der Waals surface area contributed by atoms with Crippen LogP contribution >= 0.6 is 7.60 Å². The number of rotatable bonds is 4. The summed E-state index contributed by atoms with van der Waals surface area (Å²) in [5.74, 6) is 1.67. The van der Waals surface area contributed by atoms with Crippen molar-refractivity contribution in [3.8, 4) is 11.6 Å². The predicted molar refractivity (Wildman–Crippen MR) is 101 cm³/mol. The fourth-order valence-corrected chi connectivity index (χ4v) is 4.03. The molecule has 0 atom stereocenters. The fraction of sp³-hybridized carbons (Fsp3) is 0.421. The van der Waals surface area contributed by atoms with Crippen molar-refractivity contribution >= 4 is 24.1 Å². The molecule has 0 amide bonds. The Morgan fingerprint density at radius 1 is 1.12 bits per heavy atom. The Hall–Kier alpha value is -1.88. The molecule has 138 valence electrons. The van der Waals surface area contributed by atoms with Crippen LogP contribution in [0, 0.1) is 33.6 Å². The lowest BCUT2D eigenvalue weighted by Gasteiger charge is -2.13. The van der Waals surface area contributed by atoms with Gasteiger partial charge in [-0.05, 0) is 80.8 Å². The molecular weight excluding hydrogens is 351 g/mol. The Kier molecular flexibility index (Phi) is 3.92. The number of hydrogen-bond acceptors (Lipinski definition) is 3. The third kappa shape index (κ3) is 2.73. The highest BCUT2D eigenvalue weighted by Crippen LogP contribution is 2.39. The quantitative estimate of drug-likeness (QED) is 0.679. The Bertz CT molecular complexity index is 1070. The summed E-state index contributed by atoms with van der Waals surface area (Å²) < 4.78 is 19.2. The minimum Gasteiger partial charge on any atom is -0.445 e. The van der Waals surface area contributed by atoms with Gasteiger partial charge < -0.3 is 18.8 Å². The smallest absolute Gasteiger partial charge is 0.391 e. The molecule has 1 aromatic carbocycles. The zero-order chi connectivity index (χ0) is 18.8. The normalized spacial score (nSPS) is 15.2. The van der Waals surface area contributed by atoms with Crippen molar-refractivity contribution in [2.45, 2.75) is 47.1 Å². The maximum absolute atomic E-state index is 11.5. The first-order valence-corrected chi connectivity index (χ1v) is 10.4. The second-order valence-corrected chi connectivity index (χ2v) is 8.90. The Labute approximate surface area is 152 Å². The predicted octanol–water partition coefficient (Wildman–Crippen LogP) is 3.74. The van der Waals surface area contributed by atoms with Gasteiger partial charge in [-0.2, -0.15) is 0 Å². The van der Waals surface area contributed by atoms with Crippen molar-refractivity contribution in [3.05, 3.63) is 34.4 Å². The minimum absolute atomic E-state index is 0.321. The van der Waals surface area contributed by atoms with Crippen LogP contribution in [0.25, 0.3) is 22.6 Å². The van der Waals surface area contributed by atoms with Gasteiger partial charge in [0.25, 0.3) is 0 Å². The largest absolute Gasteiger partial charge is 0.445 e. The molecule has 1 aliphatic rings. The van der Waals surface area contributed by atoms with Crippen LogP contribution in [-0.2, 0) is 11.1 Å². The minimum atomic E-state index is -4.42. The average molecular weight is 374 g/mol. The van der Waals surface area contributed by atoms with E-state index in [9.17, 15) is 14.4 Å². The molecule has 2 N–H and O–H groups in total. The third-order valence-electron chi connectivity index (χ3n) is 5.60. The molecule has 0 aliphatic heterocycles. The SMILES string of the molecule is Cc1c(C)c(C)c2c(nc(-c3ccc(P(=O)(O)O)o3)n2CC2CC2)c1C. The lowest BCUT2D eigenvalue weighted by Crippen LogP contribution is -2.04. The molecule has 4 rings (SSSR count). The van der Waals surface area contributed by atoms with E-state index >= 15 is 0 Å². The fourth-order valence-electron chi connectivity index (χ4n) is 3.54. The number of hydrogen-bond donors (Lipinski definition) is 2. The second kappa shape index (κ2) is 5.81. The van der Waals surface area contributed by atoms with Gasteiger partial charge in [-0.25, -0.2) is 4.98 Å². The number of fused-ring (bicyclic) bond motifs is 1. The molecule has 0 unspecified atom stereocenters. The van der Waals surface area contributed by atoms with Gasteiger partial charge in [0.2, 0.25) is 5.50 Å². The lowest BCUT2D eigenvalue weighted by atomic mass is 9.97. The van der Waals surface area contributed by atoms with Crippen molar-refractivity contribution in [1.82, 2.24) is 9.55 Å². The summed E-state index contributed by atoms with van der Waals surface area (Å²) in [6.07, 6.45) is 2.40. The lowest BCUT2D eigenvalue weighted by molar-refractivity contribution is 0.377. The molecule has 0 bridgehead atoms. The number of imidazole rings is 1. The van der Waals surface area contributed by atoms with Crippen molar-refractivity contribution in [1.29, 1.82) is 0 Å². The van der Waals surface area contributed by atoms with Gasteiger partial charge in [-0.3, -0.25) is 4.57 Å². The van der Waals surface area contributed by atoms with Crippen LogP contribution in [0.15, 0.2) is 16.5 Å². The van der Waals surface area contributed by atoms with Crippen LogP contribution in [-0.4, -0.2) is 19.3 Å². The van der Waals surface area contributed by atoms with E-state index in [1.807, 2.05) is 0 Å². The molecule has 1 fully saturated rings. The molecule has 1 saturated carbocycles. The Morgan fingerprint density at radius 2 is 1.77 bits per heavy atom. The van der Waals surface area contributed by atoms with Crippen LogP contribution in [0.4, 0.5) is 0 Å². The van der Waals surface area contributed by atoms with Crippen molar-refractivity contribution in [3.63, 3.8) is 0 Å². The van der Waals surface area contributed by atoms with Crippen molar-refractivity contribution < 1.29 is 18.8 Å². The van der Waals surface area contributed by atoms with Crippen LogP contribution < -0.4 is 5.50 Å². The number of aryl methyl sites for hydroxylation is 2. The van der Waals surface area contributed by atoms with Gasteiger partial charge >= 0.3 is 7.60 Å². The number of aromatic nitrogens is 2. The van der Waals surface area contributed by atoms with Gasteiger partial charge in [0, 0.05) is 6.54 Å². The van der Waals surface area contributed by atoms with Crippen LogP contribution in [0.3, 0.4) is 0 Å². The summed E-state index contributed by atoms with van der Waals surface area (Å²) in [4.78, 5) is 23.6. The van der Waals surface area contributed by atoms with Gasteiger partial charge in [0.1, 0.15) is 0 Å². The number of nitrogens with zero attached hydrogens (tertiary/aromatic N) is 2.